The van der Waals surface area contributed by atoms with E-state index in [0.29, 0.717) is 18.3 Å². The van der Waals surface area contributed by atoms with Gasteiger partial charge in [-0.2, -0.15) is 0 Å². The summed E-state index contributed by atoms with van der Waals surface area (Å²) in [6.45, 7) is 4.46. The molecule has 0 radical (unpaired) electrons. The minimum absolute atomic E-state index is 0.161. The van der Waals surface area contributed by atoms with Gasteiger partial charge in [-0.15, -0.1) is 10.2 Å². The molecule has 0 saturated carbocycles. The zero-order chi connectivity index (χ0) is 17.6. The molecule has 1 heterocycles. The highest BCUT2D eigenvalue weighted by Crippen LogP contribution is 2.22. The Kier molecular flexibility index (Phi) is 5.18. The smallest absolute Gasteiger partial charge is 0.247 e. The second-order valence-electron chi connectivity index (χ2n) is 5.77. The summed E-state index contributed by atoms with van der Waals surface area (Å²) in [4.78, 5) is 0. The summed E-state index contributed by atoms with van der Waals surface area (Å²) in [5, 5.41) is 11.4. The van der Waals surface area contributed by atoms with Crippen LogP contribution in [0, 0.1) is 0 Å². The van der Waals surface area contributed by atoms with E-state index in [1.807, 2.05) is 62.4 Å². The van der Waals surface area contributed by atoms with Crippen LogP contribution in [-0.4, -0.2) is 23.4 Å². The first-order valence-corrected chi connectivity index (χ1v) is 8.11. The van der Waals surface area contributed by atoms with Gasteiger partial charge < -0.3 is 19.2 Å². The maximum atomic E-state index is 5.69. The van der Waals surface area contributed by atoms with Crippen LogP contribution in [0.5, 0.6) is 11.5 Å². The van der Waals surface area contributed by atoms with Crippen LogP contribution in [0.1, 0.15) is 19.7 Å². The lowest BCUT2D eigenvalue weighted by atomic mass is 10.2. The summed E-state index contributed by atoms with van der Waals surface area (Å²) >= 11 is 0. The van der Waals surface area contributed by atoms with Crippen molar-refractivity contribution in [1.82, 2.24) is 10.2 Å². The molecule has 130 valence electrons. The van der Waals surface area contributed by atoms with Gasteiger partial charge in [-0.1, -0.05) is 0 Å². The van der Waals surface area contributed by atoms with Gasteiger partial charge in [-0.3, -0.25) is 0 Å². The van der Waals surface area contributed by atoms with Gasteiger partial charge in [-0.05, 0) is 62.4 Å². The second-order valence-corrected chi connectivity index (χ2v) is 5.77. The second kappa shape index (κ2) is 7.70. The summed E-state index contributed by atoms with van der Waals surface area (Å²) in [5.74, 6) is 2.64. The van der Waals surface area contributed by atoms with Gasteiger partial charge in [0.25, 0.3) is 0 Å². The number of anilines is 1. The number of nitrogens with one attached hydrogen (secondary N) is 1. The van der Waals surface area contributed by atoms with Gasteiger partial charge in [0.1, 0.15) is 11.5 Å². The summed E-state index contributed by atoms with van der Waals surface area (Å²) < 4.78 is 16.5. The van der Waals surface area contributed by atoms with Crippen LogP contribution in [0.2, 0.25) is 0 Å². The van der Waals surface area contributed by atoms with Crippen LogP contribution in [-0.2, 0) is 6.54 Å². The molecule has 0 unspecified atom stereocenters. The number of ether oxygens (including phenoxy) is 2. The normalized spacial score (nSPS) is 10.7. The fourth-order valence-corrected chi connectivity index (χ4v) is 2.28. The van der Waals surface area contributed by atoms with E-state index in [9.17, 15) is 0 Å². The van der Waals surface area contributed by atoms with E-state index in [0.717, 1.165) is 22.7 Å². The average Bonchev–Trinajstić information content (AvgIpc) is 3.10. The Morgan fingerprint density at radius 1 is 0.960 bits per heavy atom. The van der Waals surface area contributed by atoms with E-state index in [-0.39, 0.29) is 6.10 Å². The fraction of sp³-hybridized carbons (Fsp3) is 0.263. The summed E-state index contributed by atoms with van der Waals surface area (Å²) in [6.07, 6.45) is 0.161. The SMILES string of the molecule is COc1ccc(-c2nnc(CNc3ccc(OC(C)C)cc3)o2)cc1. The predicted octanol–water partition coefficient (Wildman–Crippen LogP) is 4.14. The zero-order valence-corrected chi connectivity index (χ0v) is 14.5. The third-order valence-electron chi connectivity index (χ3n) is 3.47. The first kappa shape index (κ1) is 16.8. The van der Waals surface area contributed by atoms with Crippen molar-refractivity contribution in [3.8, 4) is 23.0 Å². The third kappa shape index (κ3) is 4.50. The van der Waals surface area contributed by atoms with Crippen LogP contribution >= 0.6 is 0 Å². The topological polar surface area (TPSA) is 69.4 Å². The largest absolute Gasteiger partial charge is 0.497 e. The Labute approximate surface area is 146 Å². The predicted molar refractivity (Wildman–Crippen MR) is 95.8 cm³/mol. The molecule has 0 spiro atoms. The molecule has 6 heteroatoms. The Morgan fingerprint density at radius 2 is 1.64 bits per heavy atom. The Morgan fingerprint density at radius 3 is 2.28 bits per heavy atom. The molecule has 1 aromatic heterocycles. The lowest BCUT2D eigenvalue weighted by Crippen LogP contribution is -2.05. The summed E-state index contributed by atoms with van der Waals surface area (Å²) in [5.41, 5.74) is 1.81. The molecule has 0 saturated heterocycles. The van der Waals surface area contributed by atoms with E-state index < -0.39 is 0 Å². The Hall–Kier alpha value is -3.02. The molecule has 3 rings (SSSR count). The molecular formula is C19H21N3O3. The molecule has 2 aromatic carbocycles. The summed E-state index contributed by atoms with van der Waals surface area (Å²) in [7, 11) is 1.63. The van der Waals surface area contributed by atoms with E-state index in [4.69, 9.17) is 13.9 Å². The van der Waals surface area contributed by atoms with Crippen molar-refractivity contribution in [3.05, 3.63) is 54.4 Å². The van der Waals surface area contributed by atoms with E-state index in [2.05, 4.69) is 15.5 Å². The van der Waals surface area contributed by atoms with Gasteiger partial charge in [-0.25, -0.2) is 0 Å². The molecule has 0 atom stereocenters. The molecule has 0 bridgehead atoms. The maximum Gasteiger partial charge on any atom is 0.247 e. The molecule has 3 aromatic rings. The zero-order valence-electron chi connectivity index (χ0n) is 14.5. The number of methoxy groups -OCH3 is 1. The van der Waals surface area contributed by atoms with Gasteiger partial charge >= 0.3 is 0 Å². The van der Waals surface area contributed by atoms with Crippen molar-refractivity contribution < 1.29 is 13.9 Å². The number of rotatable bonds is 7. The lowest BCUT2D eigenvalue weighted by molar-refractivity contribution is 0.242. The highest BCUT2D eigenvalue weighted by atomic mass is 16.5. The first-order chi connectivity index (χ1) is 12.1. The van der Waals surface area contributed by atoms with Crippen LogP contribution < -0.4 is 14.8 Å². The molecule has 0 aliphatic heterocycles. The number of nitrogens with zero attached hydrogens (tertiary/aromatic N) is 2. The van der Waals surface area contributed by atoms with Crippen LogP contribution in [0.25, 0.3) is 11.5 Å². The standard InChI is InChI=1S/C19H21N3O3/c1-13(2)24-17-10-6-15(7-11-17)20-12-18-21-22-19(25-18)14-4-8-16(23-3)9-5-14/h4-11,13,20H,12H2,1-3H3. The van der Waals surface area contributed by atoms with Crippen LogP contribution in [0.3, 0.4) is 0 Å². The van der Waals surface area contributed by atoms with Crippen molar-refractivity contribution in [1.29, 1.82) is 0 Å². The Bertz CT molecular complexity index is 796. The molecule has 0 amide bonds. The fourth-order valence-electron chi connectivity index (χ4n) is 2.28. The molecule has 0 aliphatic carbocycles. The highest BCUT2D eigenvalue weighted by Gasteiger charge is 2.08. The van der Waals surface area contributed by atoms with Gasteiger partial charge in [0.05, 0.1) is 19.8 Å². The highest BCUT2D eigenvalue weighted by molar-refractivity contribution is 5.54. The van der Waals surface area contributed by atoms with Crippen LogP contribution in [0.15, 0.2) is 52.9 Å². The van der Waals surface area contributed by atoms with Gasteiger partial charge in [0.2, 0.25) is 11.8 Å². The number of benzene rings is 2. The van der Waals surface area contributed by atoms with Crippen molar-refractivity contribution >= 4 is 5.69 Å². The molecule has 0 aliphatic rings. The van der Waals surface area contributed by atoms with Crippen LogP contribution in [0.4, 0.5) is 5.69 Å². The minimum atomic E-state index is 0.161. The third-order valence-corrected chi connectivity index (χ3v) is 3.47. The van der Waals surface area contributed by atoms with Crippen molar-refractivity contribution in [2.24, 2.45) is 0 Å². The Balaban J connectivity index is 1.59. The lowest BCUT2D eigenvalue weighted by Gasteiger charge is -2.10. The molecule has 25 heavy (non-hydrogen) atoms. The monoisotopic (exact) mass is 339 g/mol. The first-order valence-electron chi connectivity index (χ1n) is 8.11. The molecule has 0 fully saturated rings. The van der Waals surface area contributed by atoms with Gasteiger partial charge in [0, 0.05) is 11.3 Å². The molecule has 6 nitrogen and oxygen atoms in total. The molecule has 1 N–H and O–H groups in total. The quantitative estimate of drug-likeness (QED) is 0.697. The van der Waals surface area contributed by atoms with E-state index in [1.165, 1.54) is 0 Å². The summed E-state index contributed by atoms with van der Waals surface area (Å²) in [6, 6.07) is 15.3. The van der Waals surface area contributed by atoms with Crippen molar-refractivity contribution in [3.63, 3.8) is 0 Å². The average molecular weight is 339 g/mol. The van der Waals surface area contributed by atoms with Gasteiger partial charge in [0.15, 0.2) is 0 Å². The maximum absolute atomic E-state index is 5.69. The van der Waals surface area contributed by atoms with E-state index in [1.54, 1.807) is 7.11 Å². The van der Waals surface area contributed by atoms with Crippen molar-refractivity contribution in [2.75, 3.05) is 12.4 Å². The number of aromatic nitrogens is 2. The molecular weight excluding hydrogens is 318 g/mol. The number of hydrogen-bond acceptors (Lipinski definition) is 6. The van der Waals surface area contributed by atoms with E-state index >= 15 is 0 Å². The minimum Gasteiger partial charge on any atom is -0.497 e. The van der Waals surface area contributed by atoms with Crippen molar-refractivity contribution in [2.45, 2.75) is 26.5 Å². The number of hydrogen-bond donors (Lipinski definition) is 1.